The number of hydrogen-bond donors (Lipinski definition) is 1. The molecule has 0 radical (unpaired) electrons. The highest BCUT2D eigenvalue weighted by molar-refractivity contribution is 5.71. The predicted molar refractivity (Wildman–Crippen MR) is 81.6 cm³/mol. The van der Waals surface area contributed by atoms with E-state index in [0.717, 1.165) is 22.7 Å². The minimum absolute atomic E-state index is 0.412. The van der Waals surface area contributed by atoms with Crippen LogP contribution >= 0.6 is 0 Å². The molecule has 2 N–H and O–H groups in total. The molecular formula is C16H16N4O. The van der Waals surface area contributed by atoms with Gasteiger partial charge in [0.15, 0.2) is 0 Å². The Balaban J connectivity index is 1.90. The maximum absolute atomic E-state index is 5.90. The van der Waals surface area contributed by atoms with Gasteiger partial charge in [-0.1, -0.05) is 6.07 Å². The zero-order valence-electron chi connectivity index (χ0n) is 11.7. The molecule has 0 spiro atoms. The van der Waals surface area contributed by atoms with E-state index in [1.165, 1.54) is 0 Å². The molecule has 0 aliphatic rings. The summed E-state index contributed by atoms with van der Waals surface area (Å²) in [6, 6.07) is 13.3. The van der Waals surface area contributed by atoms with Crippen LogP contribution in [0.25, 0.3) is 11.3 Å². The summed E-state index contributed by atoms with van der Waals surface area (Å²) < 4.78 is 7.69. The zero-order chi connectivity index (χ0) is 14.7. The van der Waals surface area contributed by atoms with Crippen molar-refractivity contribution in [1.29, 1.82) is 0 Å². The van der Waals surface area contributed by atoms with Crippen molar-refractivity contribution in [1.82, 2.24) is 14.8 Å². The first kappa shape index (κ1) is 13.2. The van der Waals surface area contributed by atoms with E-state index in [9.17, 15) is 0 Å². The van der Waals surface area contributed by atoms with Crippen LogP contribution in [-0.4, -0.2) is 14.8 Å². The average Bonchev–Trinajstić information content (AvgIpc) is 2.93. The zero-order valence-corrected chi connectivity index (χ0v) is 11.7. The van der Waals surface area contributed by atoms with E-state index in [-0.39, 0.29) is 0 Å². The number of hydrogen-bond acceptors (Lipinski definition) is 4. The largest absolute Gasteiger partial charge is 0.487 e. The first-order valence-corrected chi connectivity index (χ1v) is 6.64. The number of pyridine rings is 1. The van der Waals surface area contributed by atoms with Gasteiger partial charge < -0.3 is 10.5 Å². The van der Waals surface area contributed by atoms with Crippen LogP contribution < -0.4 is 10.5 Å². The number of anilines is 1. The van der Waals surface area contributed by atoms with Crippen molar-refractivity contribution in [3.05, 3.63) is 60.6 Å². The molecule has 2 heterocycles. The number of ether oxygens (including phenoxy) is 1. The SMILES string of the molecule is Cn1nccc1-c1cc(N)ccc1OCc1ccccn1. The van der Waals surface area contributed by atoms with Crippen molar-refractivity contribution in [3.63, 3.8) is 0 Å². The lowest BCUT2D eigenvalue weighted by Gasteiger charge is -2.12. The molecule has 0 amide bonds. The molecule has 0 fully saturated rings. The second-order valence-corrected chi connectivity index (χ2v) is 4.71. The molecular weight excluding hydrogens is 264 g/mol. The van der Waals surface area contributed by atoms with Gasteiger partial charge in [0.25, 0.3) is 0 Å². The second-order valence-electron chi connectivity index (χ2n) is 4.71. The van der Waals surface area contributed by atoms with Crippen molar-refractivity contribution < 1.29 is 4.74 Å². The number of benzene rings is 1. The monoisotopic (exact) mass is 280 g/mol. The summed E-state index contributed by atoms with van der Waals surface area (Å²) in [5.41, 5.74) is 9.34. The van der Waals surface area contributed by atoms with Crippen molar-refractivity contribution in [2.75, 3.05) is 5.73 Å². The number of nitrogens with two attached hydrogens (primary N) is 1. The molecule has 0 atom stereocenters. The van der Waals surface area contributed by atoms with Gasteiger partial charge in [-0.15, -0.1) is 0 Å². The Bertz CT molecular complexity index is 737. The summed E-state index contributed by atoms with van der Waals surface area (Å²) in [5, 5.41) is 4.19. The van der Waals surface area contributed by atoms with Crippen molar-refractivity contribution in [2.24, 2.45) is 7.05 Å². The Kier molecular flexibility index (Phi) is 3.55. The number of nitrogens with zero attached hydrogens (tertiary/aromatic N) is 3. The molecule has 0 aliphatic carbocycles. The van der Waals surface area contributed by atoms with Crippen LogP contribution in [0, 0.1) is 0 Å². The lowest BCUT2D eigenvalue weighted by Crippen LogP contribution is -2.01. The minimum Gasteiger partial charge on any atom is -0.487 e. The molecule has 0 unspecified atom stereocenters. The normalized spacial score (nSPS) is 10.5. The van der Waals surface area contributed by atoms with E-state index < -0.39 is 0 Å². The van der Waals surface area contributed by atoms with Crippen molar-refractivity contribution in [3.8, 4) is 17.0 Å². The Morgan fingerprint density at radius 2 is 2.05 bits per heavy atom. The van der Waals surface area contributed by atoms with E-state index in [0.29, 0.717) is 12.3 Å². The smallest absolute Gasteiger partial charge is 0.130 e. The van der Waals surface area contributed by atoms with Crippen LogP contribution in [0.3, 0.4) is 0 Å². The van der Waals surface area contributed by atoms with Crippen LogP contribution in [0.2, 0.25) is 0 Å². The lowest BCUT2D eigenvalue weighted by atomic mass is 10.1. The average molecular weight is 280 g/mol. The van der Waals surface area contributed by atoms with Gasteiger partial charge in [-0.05, 0) is 36.4 Å². The van der Waals surface area contributed by atoms with Gasteiger partial charge in [-0.2, -0.15) is 5.10 Å². The van der Waals surface area contributed by atoms with Crippen molar-refractivity contribution >= 4 is 5.69 Å². The molecule has 3 aromatic rings. The molecule has 5 heteroatoms. The Hall–Kier alpha value is -2.82. The third-order valence-electron chi connectivity index (χ3n) is 3.20. The maximum atomic E-state index is 5.90. The molecule has 3 rings (SSSR count). The Morgan fingerprint density at radius 1 is 1.14 bits per heavy atom. The van der Waals surface area contributed by atoms with Gasteiger partial charge in [-0.25, -0.2) is 0 Å². The highest BCUT2D eigenvalue weighted by Crippen LogP contribution is 2.31. The van der Waals surface area contributed by atoms with Crippen molar-refractivity contribution in [2.45, 2.75) is 6.61 Å². The van der Waals surface area contributed by atoms with Gasteiger partial charge in [-0.3, -0.25) is 9.67 Å². The Labute approximate surface area is 123 Å². The summed E-state index contributed by atoms with van der Waals surface area (Å²) in [5.74, 6) is 0.762. The highest BCUT2D eigenvalue weighted by atomic mass is 16.5. The van der Waals surface area contributed by atoms with E-state index in [1.54, 1.807) is 17.1 Å². The molecule has 2 aromatic heterocycles. The fourth-order valence-corrected chi connectivity index (χ4v) is 2.15. The summed E-state index contributed by atoms with van der Waals surface area (Å²) in [7, 11) is 1.89. The van der Waals surface area contributed by atoms with Crippen LogP contribution in [0.4, 0.5) is 5.69 Å². The summed E-state index contributed by atoms with van der Waals surface area (Å²) >= 11 is 0. The number of rotatable bonds is 4. The highest BCUT2D eigenvalue weighted by Gasteiger charge is 2.11. The van der Waals surface area contributed by atoms with E-state index in [4.69, 9.17) is 10.5 Å². The summed E-state index contributed by atoms with van der Waals surface area (Å²) in [6.45, 7) is 0.412. The molecule has 0 aliphatic heterocycles. The number of aryl methyl sites for hydroxylation is 1. The fraction of sp³-hybridized carbons (Fsp3) is 0.125. The predicted octanol–water partition coefficient (Wildman–Crippen LogP) is 2.64. The quantitative estimate of drug-likeness (QED) is 0.746. The number of aromatic nitrogens is 3. The Morgan fingerprint density at radius 3 is 2.76 bits per heavy atom. The second kappa shape index (κ2) is 5.66. The van der Waals surface area contributed by atoms with Gasteiger partial charge in [0, 0.05) is 30.7 Å². The van der Waals surface area contributed by atoms with Crippen LogP contribution in [0.1, 0.15) is 5.69 Å². The van der Waals surface area contributed by atoms with Crippen LogP contribution in [0.5, 0.6) is 5.75 Å². The minimum atomic E-state index is 0.412. The topological polar surface area (TPSA) is 66.0 Å². The summed E-state index contributed by atoms with van der Waals surface area (Å²) in [6.07, 6.45) is 3.50. The third kappa shape index (κ3) is 2.86. The molecule has 1 aromatic carbocycles. The lowest BCUT2D eigenvalue weighted by molar-refractivity contribution is 0.302. The van der Waals surface area contributed by atoms with Gasteiger partial charge >= 0.3 is 0 Å². The molecule has 0 saturated carbocycles. The van der Waals surface area contributed by atoms with Gasteiger partial charge in [0.1, 0.15) is 12.4 Å². The molecule has 5 nitrogen and oxygen atoms in total. The standard InChI is InChI=1S/C16H16N4O/c1-20-15(7-9-19-20)14-10-12(17)5-6-16(14)21-11-13-4-2-3-8-18-13/h2-10H,11,17H2,1H3. The molecule has 0 bridgehead atoms. The molecule has 21 heavy (non-hydrogen) atoms. The fourth-order valence-electron chi connectivity index (χ4n) is 2.15. The summed E-state index contributed by atoms with van der Waals surface area (Å²) in [4.78, 5) is 4.25. The molecule has 106 valence electrons. The number of nitrogen functional groups attached to an aromatic ring is 1. The van der Waals surface area contributed by atoms with Gasteiger partial charge in [0.05, 0.1) is 11.4 Å². The van der Waals surface area contributed by atoms with Crippen LogP contribution in [0.15, 0.2) is 54.9 Å². The first-order valence-electron chi connectivity index (χ1n) is 6.64. The van der Waals surface area contributed by atoms with E-state index >= 15 is 0 Å². The maximum Gasteiger partial charge on any atom is 0.130 e. The third-order valence-corrected chi connectivity index (χ3v) is 3.20. The van der Waals surface area contributed by atoms with E-state index in [1.807, 2.05) is 49.5 Å². The van der Waals surface area contributed by atoms with E-state index in [2.05, 4.69) is 10.1 Å². The van der Waals surface area contributed by atoms with Crippen LogP contribution in [-0.2, 0) is 13.7 Å². The van der Waals surface area contributed by atoms with Gasteiger partial charge in [0.2, 0.25) is 0 Å². The molecule has 0 saturated heterocycles. The first-order chi connectivity index (χ1) is 10.2.